The van der Waals surface area contributed by atoms with Crippen molar-refractivity contribution in [1.29, 1.82) is 0 Å². The van der Waals surface area contributed by atoms with Crippen molar-refractivity contribution in [3.63, 3.8) is 0 Å². The Balaban J connectivity index is 1.77. The number of carboxylic acids is 1. The number of carboxylic acid groups (broad SMARTS) is 1. The Bertz CT molecular complexity index is 1180. The van der Waals surface area contributed by atoms with Crippen LogP contribution in [-0.4, -0.2) is 45.1 Å². The van der Waals surface area contributed by atoms with Crippen molar-refractivity contribution in [3.8, 4) is 0 Å². The van der Waals surface area contributed by atoms with Crippen LogP contribution in [0.1, 0.15) is 27.5 Å². The lowest BCUT2D eigenvalue weighted by Gasteiger charge is -2.25. The molecule has 180 valence electrons. The molecular weight excluding hydrogens is 454 g/mol. The van der Waals surface area contributed by atoms with E-state index < -0.39 is 40.9 Å². The van der Waals surface area contributed by atoms with Gasteiger partial charge in [0.2, 0.25) is 0 Å². The molecule has 0 heterocycles. The van der Waals surface area contributed by atoms with E-state index in [1.807, 2.05) is 0 Å². The molecular formula is C25H23N3O7. The fourth-order valence-corrected chi connectivity index (χ4v) is 3.42. The first kappa shape index (κ1) is 25.1. The molecule has 3 atom stereocenters. The molecule has 0 fully saturated rings. The van der Waals surface area contributed by atoms with Gasteiger partial charge in [-0.25, -0.2) is 4.79 Å². The highest BCUT2D eigenvalue weighted by molar-refractivity contribution is 5.95. The second-order valence-electron chi connectivity index (χ2n) is 7.70. The van der Waals surface area contributed by atoms with Crippen LogP contribution in [-0.2, 0) is 16.0 Å². The number of aliphatic hydroxyl groups excluding tert-OH is 1. The third kappa shape index (κ3) is 6.71. The fourth-order valence-electron chi connectivity index (χ4n) is 3.42. The van der Waals surface area contributed by atoms with E-state index in [4.69, 9.17) is 0 Å². The molecule has 3 rings (SSSR count). The summed E-state index contributed by atoms with van der Waals surface area (Å²) >= 11 is 0. The number of nitro groups is 1. The van der Waals surface area contributed by atoms with Gasteiger partial charge in [0, 0.05) is 24.1 Å². The van der Waals surface area contributed by atoms with Crippen molar-refractivity contribution in [3.05, 3.63) is 112 Å². The number of amides is 2. The molecule has 0 saturated heterocycles. The minimum atomic E-state index is -1.80. The molecule has 0 unspecified atom stereocenters. The average molecular weight is 477 g/mol. The summed E-state index contributed by atoms with van der Waals surface area (Å²) in [6.45, 7) is 0. The molecule has 3 aromatic rings. The van der Waals surface area contributed by atoms with E-state index in [9.17, 15) is 34.7 Å². The van der Waals surface area contributed by atoms with Crippen LogP contribution >= 0.6 is 0 Å². The highest BCUT2D eigenvalue weighted by Gasteiger charge is 2.32. The van der Waals surface area contributed by atoms with Crippen molar-refractivity contribution in [1.82, 2.24) is 10.6 Å². The summed E-state index contributed by atoms with van der Waals surface area (Å²) in [5, 5.41) is 36.1. The Kier molecular flexibility index (Phi) is 8.25. The first-order chi connectivity index (χ1) is 16.8. The fraction of sp³-hybridized carbons (Fsp3) is 0.160. The van der Waals surface area contributed by atoms with Crippen molar-refractivity contribution in [2.45, 2.75) is 24.6 Å². The highest BCUT2D eigenvalue weighted by atomic mass is 16.6. The number of rotatable bonds is 10. The molecule has 0 aliphatic heterocycles. The first-order valence-electron chi connectivity index (χ1n) is 10.6. The zero-order valence-electron chi connectivity index (χ0n) is 18.4. The van der Waals surface area contributed by atoms with Gasteiger partial charge in [-0.3, -0.25) is 19.7 Å². The zero-order valence-corrected chi connectivity index (χ0v) is 18.4. The Labute approximate surface area is 200 Å². The van der Waals surface area contributed by atoms with E-state index in [2.05, 4.69) is 10.6 Å². The molecule has 2 amide bonds. The number of hydrogen-bond donors (Lipinski definition) is 4. The van der Waals surface area contributed by atoms with Gasteiger partial charge in [0.25, 0.3) is 17.5 Å². The Morgan fingerprint density at radius 2 is 1.43 bits per heavy atom. The van der Waals surface area contributed by atoms with E-state index in [-0.39, 0.29) is 12.1 Å². The van der Waals surface area contributed by atoms with Crippen LogP contribution in [0.15, 0.2) is 84.9 Å². The number of benzene rings is 3. The molecule has 4 N–H and O–H groups in total. The molecule has 3 aromatic carbocycles. The second kappa shape index (κ2) is 11.5. The maximum Gasteiger partial charge on any atom is 0.326 e. The van der Waals surface area contributed by atoms with E-state index in [1.54, 1.807) is 60.7 Å². The number of carbonyl (C=O) groups is 3. The van der Waals surface area contributed by atoms with Crippen LogP contribution in [0.3, 0.4) is 0 Å². The largest absolute Gasteiger partial charge is 0.480 e. The molecule has 0 spiro atoms. The molecule has 35 heavy (non-hydrogen) atoms. The Morgan fingerprint density at radius 1 is 0.857 bits per heavy atom. The molecule has 10 heteroatoms. The van der Waals surface area contributed by atoms with Crippen LogP contribution in [0.5, 0.6) is 0 Å². The summed E-state index contributed by atoms with van der Waals surface area (Å²) in [5.74, 6) is -2.87. The summed E-state index contributed by atoms with van der Waals surface area (Å²) in [6.07, 6.45) is -1.97. The minimum Gasteiger partial charge on any atom is -0.480 e. The standard InChI is InChI=1S/C25H23N3O7/c29-22(21(17-7-3-1-4-8-17)27-23(30)18-9-5-2-6-10-18)24(31)26-20(25(32)33)15-16-11-13-19(14-12-16)28(34)35/h1-14,20-22,29H,15H2,(H,26,31)(H,27,30)(H,32,33)/t20-,21+,22-/m1/s1. The van der Waals surface area contributed by atoms with Crippen LogP contribution in [0.4, 0.5) is 5.69 Å². The smallest absolute Gasteiger partial charge is 0.326 e. The number of aliphatic carboxylic acids is 1. The summed E-state index contributed by atoms with van der Waals surface area (Å²) in [6, 6.07) is 19.2. The number of non-ortho nitro benzene ring substituents is 1. The van der Waals surface area contributed by atoms with Crippen LogP contribution in [0, 0.1) is 10.1 Å². The maximum absolute atomic E-state index is 12.9. The van der Waals surface area contributed by atoms with Crippen LogP contribution < -0.4 is 10.6 Å². The Hall–Kier alpha value is -4.57. The second-order valence-corrected chi connectivity index (χ2v) is 7.70. The number of hydrogen-bond acceptors (Lipinski definition) is 6. The SMILES string of the molecule is O=C(N[C@@H](c1ccccc1)[C@@H](O)C(=O)N[C@H](Cc1ccc([N+](=O)[O-])cc1)C(=O)O)c1ccccc1. The maximum atomic E-state index is 12.9. The van der Waals surface area contributed by atoms with E-state index in [1.165, 1.54) is 24.3 Å². The van der Waals surface area contributed by atoms with Gasteiger partial charge in [0.15, 0.2) is 6.10 Å². The molecule has 0 bridgehead atoms. The van der Waals surface area contributed by atoms with Gasteiger partial charge < -0.3 is 20.8 Å². The minimum absolute atomic E-state index is 0.153. The third-order valence-corrected chi connectivity index (χ3v) is 5.27. The third-order valence-electron chi connectivity index (χ3n) is 5.27. The topological polar surface area (TPSA) is 159 Å². The number of carbonyl (C=O) groups excluding carboxylic acids is 2. The number of nitrogens with one attached hydrogen (secondary N) is 2. The van der Waals surface area contributed by atoms with E-state index in [0.717, 1.165) is 0 Å². The van der Waals surface area contributed by atoms with Gasteiger partial charge in [-0.05, 0) is 23.3 Å². The molecule has 0 aliphatic carbocycles. The average Bonchev–Trinajstić information content (AvgIpc) is 2.87. The van der Waals surface area contributed by atoms with E-state index >= 15 is 0 Å². The van der Waals surface area contributed by atoms with Gasteiger partial charge >= 0.3 is 5.97 Å². The molecule has 0 aliphatic rings. The zero-order chi connectivity index (χ0) is 25.4. The monoisotopic (exact) mass is 477 g/mol. The highest BCUT2D eigenvalue weighted by Crippen LogP contribution is 2.19. The van der Waals surface area contributed by atoms with Crippen molar-refractivity contribution >= 4 is 23.5 Å². The lowest BCUT2D eigenvalue weighted by Crippen LogP contribution is -2.50. The first-order valence-corrected chi connectivity index (χ1v) is 10.6. The van der Waals surface area contributed by atoms with Gasteiger partial charge in [-0.1, -0.05) is 60.7 Å². The summed E-state index contributed by atoms with van der Waals surface area (Å²) in [4.78, 5) is 47.6. The van der Waals surface area contributed by atoms with Gasteiger partial charge in [0.1, 0.15) is 6.04 Å². The van der Waals surface area contributed by atoms with Crippen molar-refractivity contribution < 1.29 is 29.5 Å². The predicted octanol–water partition coefficient (Wildman–Crippen LogP) is 2.24. The lowest BCUT2D eigenvalue weighted by molar-refractivity contribution is -0.384. The summed E-state index contributed by atoms with van der Waals surface area (Å²) in [5.41, 5.74) is 1.05. The summed E-state index contributed by atoms with van der Waals surface area (Å²) in [7, 11) is 0. The van der Waals surface area contributed by atoms with E-state index in [0.29, 0.717) is 16.7 Å². The van der Waals surface area contributed by atoms with Gasteiger partial charge in [0.05, 0.1) is 11.0 Å². The summed E-state index contributed by atoms with van der Waals surface area (Å²) < 4.78 is 0. The Morgan fingerprint density at radius 3 is 1.97 bits per heavy atom. The quantitative estimate of drug-likeness (QED) is 0.257. The number of nitro benzene ring substituents is 1. The molecule has 10 nitrogen and oxygen atoms in total. The predicted molar refractivity (Wildman–Crippen MR) is 125 cm³/mol. The lowest BCUT2D eigenvalue weighted by atomic mass is 9.99. The molecule has 0 radical (unpaired) electrons. The van der Waals surface area contributed by atoms with Gasteiger partial charge in [-0.2, -0.15) is 0 Å². The normalized spacial score (nSPS) is 13.2. The van der Waals surface area contributed by atoms with Crippen molar-refractivity contribution in [2.75, 3.05) is 0 Å². The molecule has 0 saturated carbocycles. The number of nitrogens with zero attached hydrogens (tertiary/aromatic N) is 1. The van der Waals surface area contributed by atoms with Crippen LogP contribution in [0.25, 0.3) is 0 Å². The number of aliphatic hydroxyl groups is 1. The molecule has 0 aromatic heterocycles. The van der Waals surface area contributed by atoms with Crippen LogP contribution in [0.2, 0.25) is 0 Å². The van der Waals surface area contributed by atoms with Crippen molar-refractivity contribution in [2.24, 2.45) is 0 Å². The van der Waals surface area contributed by atoms with Gasteiger partial charge in [-0.15, -0.1) is 0 Å².